The Labute approximate surface area is 195 Å². The lowest BCUT2D eigenvalue weighted by Gasteiger charge is -2.31. The highest BCUT2D eigenvalue weighted by atomic mass is 16.7. The molecule has 1 atom stereocenters. The molecule has 1 aliphatic rings. The molecule has 2 heterocycles. The van der Waals surface area contributed by atoms with Crippen LogP contribution in [0.4, 0.5) is 10.6 Å². The monoisotopic (exact) mass is 455 g/mol. The smallest absolute Gasteiger partial charge is 0.443 e. The third-order valence-electron chi connectivity index (χ3n) is 4.91. The van der Waals surface area contributed by atoms with Gasteiger partial charge in [0.2, 0.25) is 5.91 Å². The van der Waals surface area contributed by atoms with Crippen molar-refractivity contribution in [3.8, 4) is 22.6 Å². The molecular formula is C25H33N3O5. The van der Waals surface area contributed by atoms with Crippen molar-refractivity contribution in [2.24, 2.45) is 5.92 Å². The molecule has 2 amide bonds. The van der Waals surface area contributed by atoms with E-state index in [2.05, 4.69) is 24.1 Å². The van der Waals surface area contributed by atoms with E-state index in [-0.39, 0.29) is 11.9 Å². The molecule has 0 unspecified atom stereocenters. The SMILES string of the molecule is CC(=O)Nc1cc2c(cn1)COc1cc(ON(C(=O)OC(C)(C)C)[C@@H](C)CC(C)C)ccc1-2. The Balaban J connectivity index is 1.88. The largest absolute Gasteiger partial charge is 0.488 e. The van der Waals surface area contributed by atoms with Crippen LogP contribution in [0.1, 0.15) is 60.5 Å². The molecule has 0 radical (unpaired) electrons. The fourth-order valence-electron chi connectivity index (χ4n) is 3.66. The van der Waals surface area contributed by atoms with Crippen molar-refractivity contribution in [2.75, 3.05) is 5.32 Å². The van der Waals surface area contributed by atoms with Crippen LogP contribution < -0.4 is 14.9 Å². The second-order valence-corrected chi connectivity index (χ2v) is 9.73. The van der Waals surface area contributed by atoms with Gasteiger partial charge in [-0.25, -0.2) is 9.78 Å². The van der Waals surface area contributed by atoms with E-state index < -0.39 is 11.7 Å². The van der Waals surface area contributed by atoms with E-state index in [1.807, 2.05) is 39.8 Å². The third kappa shape index (κ3) is 6.37. The van der Waals surface area contributed by atoms with Gasteiger partial charge in [0.05, 0.1) is 6.04 Å². The van der Waals surface area contributed by atoms with Gasteiger partial charge in [0, 0.05) is 30.3 Å². The number of rotatable bonds is 6. The van der Waals surface area contributed by atoms with Gasteiger partial charge in [-0.05, 0) is 63.8 Å². The Morgan fingerprint density at radius 2 is 1.91 bits per heavy atom. The molecule has 178 valence electrons. The van der Waals surface area contributed by atoms with Gasteiger partial charge >= 0.3 is 6.09 Å². The van der Waals surface area contributed by atoms with Crippen molar-refractivity contribution in [3.05, 3.63) is 36.0 Å². The molecule has 8 heteroatoms. The van der Waals surface area contributed by atoms with Crippen LogP contribution in [0.25, 0.3) is 11.1 Å². The summed E-state index contributed by atoms with van der Waals surface area (Å²) >= 11 is 0. The number of nitrogens with one attached hydrogen (secondary N) is 1. The number of anilines is 1. The lowest BCUT2D eigenvalue weighted by Crippen LogP contribution is -2.44. The minimum absolute atomic E-state index is 0.184. The molecule has 3 rings (SSSR count). The predicted octanol–water partition coefficient (Wildman–Crippen LogP) is 5.56. The van der Waals surface area contributed by atoms with E-state index in [9.17, 15) is 9.59 Å². The van der Waals surface area contributed by atoms with Gasteiger partial charge in [0.25, 0.3) is 0 Å². The van der Waals surface area contributed by atoms with Crippen LogP contribution in [0.5, 0.6) is 11.5 Å². The predicted molar refractivity (Wildman–Crippen MR) is 126 cm³/mol. The maximum atomic E-state index is 12.9. The number of hydroxylamine groups is 2. The summed E-state index contributed by atoms with van der Waals surface area (Å²) in [6.45, 7) is 13.4. The number of benzene rings is 1. The average Bonchev–Trinajstić information content (AvgIpc) is 2.69. The minimum Gasteiger partial charge on any atom is -0.488 e. The fraction of sp³-hybridized carbons (Fsp3) is 0.480. The number of hydrogen-bond acceptors (Lipinski definition) is 6. The van der Waals surface area contributed by atoms with Gasteiger partial charge in [0.15, 0.2) is 5.75 Å². The van der Waals surface area contributed by atoms with Gasteiger partial charge < -0.3 is 19.6 Å². The Hall–Kier alpha value is -3.29. The quantitative estimate of drug-likeness (QED) is 0.573. The number of aromatic nitrogens is 1. The molecule has 0 spiro atoms. The molecule has 1 aliphatic heterocycles. The Kier molecular flexibility index (Phi) is 7.15. The lowest BCUT2D eigenvalue weighted by molar-refractivity contribution is -0.114. The fourth-order valence-corrected chi connectivity index (χ4v) is 3.66. The maximum absolute atomic E-state index is 12.9. The van der Waals surface area contributed by atoms with Crippen LogP contribution >= 0.6 is 0 Å². The van der Waals surface area contributed by atoms with Crippen LogP contribution in [0.2, 0.25) is 0 Å². The van der Waals surface area contributed by atoms with E-state index in [0.29, 0.717) is 29.8 Å². The molecule has 0 fully saturated rings. The summed E-state index contributed by atoms with van der Waals surface area (Å²) < 4.78 is 11.5. The molecule has 0 saturated heterocycles. The Morgan fingerprint density at radius 1 is 1.18 bits per heavy atom. The summed E-state index contributed by atoms with van der Waals surface area (Å²) in [5, 5.41) is 4.00. The number of amides is 2. The zero-order valence-electron chi connectivity index (χ0n) is 20.4. The Morgan fingerprint density at radius 3 is 2.55 bits per heavy atom. The highest BCUT2D eigenvalue weighted by Crippen LogP contribution is 2.40. The molecule has 2 aromatic rings. The number of pyridine rings is 1. The number of carbonyl (C=O) groups excluding carboxylic acids is 2. The van der Waals surface area contributed by atoms with Crippen LogP contribution in [0.3, 0.4) is 0 Å². The first kappa shape index (κ1) is 24.4. The zero-order chi connectivity index (χ0) is 24.3. The summed E-state index contributed by atoms with van der Waals surface area (Å²) in [7, 11) is 0. The zero-order valence-corrected chi connectivity index (χ0v) is 20.4. The summed E-state index contributed by atoms with van der Waals surface area (Å²) in [6, 6.07) is 7.06. The first-order valence-electron chi connectivity index (χ1n) is 11.2. The normalized spacial score (nSPS) is 13.3. The topological polar surface area (TPSA) is 90.0 Å². The van der Waals surface area contributed by atoms with Crippen LogP contribution in [0, 0.1) is 5.92 Å². The molecule has 1 aromatic carbocycles. The van der Waals surface area contributed by atoms with Crippen molar-refractivity contribution < 1.29 is 23.9 Å². The molecule has 1 aromatic heterocycles. The van der Waals surface area contributed by atoms with Crippen molar-refractivity contribution >= 4 is 17.8 Å². The number of ether oxygens (including phenoxy) is 2. The lowest BCUT2D eigenvalue weighted by atomic mass is 9.98. The average molecular weight is 456 g/mol. The molecule has 0 saturated carbocycles. The first-order chi connectivity index (χ1) is 15.4. The van der Waals surface area contributed by atoms with Gasteiger partial charge in [-0.1, -0.05) is 13.8 Å². The van der Waals surface area contributed by atoms with Gasteiger partial charge in [-0.3, -0.25) is 4.79 Å². The maximum Gasteiger partial charge on any atom is 0.443 e. The molecule has 33 heavy (non-hydrogen) atoms. The molecule has 8 nitrogen and oxygen atoms in total. The third-order valence-corrected chi connectivity index (χ3v) is 4.91. The van der Waals surface area contributed by atoms with E-state index in [1.165, 1.54) is 12.0 Å². The summed E-state index contributed by atoms with van der Waals surface area (Å²) in [4.78, 5) is 34.6. The van der Waals surface area contributed by atoms with Gasteiger partial charge in [0.1, 0.15) is 23.8 Å². The molecular weight excluding hydrogens is 422 g/mol. The second kappa shape index (κ2) is 9.68. The van der Waals surface area contributed by atoms with Crippen molar-refractivity contribution in [1.29, 1.82) is 0 Å². The van der Waals surface area contributed by atoms with E-state index in [4.69, 9.17) is 14.3 Å². The molecule has 1 N–H and O–H groups in total. The summed E-state index contributed by atoms with van der Waals surface area (Å²) in [6.07, 6.45) is 1.92. The molecule has 0 aliphatic carbocycles. The van der Waals surface area contributed by atoms with E-state index in [1.54, 1.807) is 18.3 Å². The molecule has 0 bridgehead atoms. The highest BCUT2D eigenvalue weighted by Gasteiger charge is 2.29. The van der Waals surface area contributed by atoms with Crippen LogP contribution in [-0.2, 0) is 16.1 Å². The van der Waals surface area contributed by atoms with E-state index in [0.717, 1.165) is 23.1 Å². The van der Waals surface area contributed by atoms with Crippen LogP contribution in [0.15, 0.2) is 30.5 Å². The van der Waals surface area contributed by atoms with Gasteiger partial charge in [-0.2, -0.15) is 0 Å². The summed E-state index contributed by atoms with van der Waals surface area (Å²) in [5.41, 5.74) is 2.07. The first-order valence-corrected chi connectivity index (χ1v) is 11.2. The number of nitrogens with zero attached hydrogens (tertiary/aromatic N) is 2. The number of hydrogen-bond donors (Lipinski definition) is 1. The standard InChI is InChI=1S/C25H33N3O5/c1-15(2)10-16(3)28(24(30)32-25(5,6)7)33-19-8-9-20-21-12-23(27-17(4)29)26-13-18(21)14-31-22(20)11-19/h8-9,11-13,15-16H,10,14H2,1-7H3,(H,26,27,29)/t16-/m0/s1. The van der Waals surface area contributed by atoms with Gasteiger partial charge in [-0.15, -0.1) is 5.06 Å². The number of fused-ring (bicyclic) bond motifs is 3. The summed E-state index contributed by atoms with van der Waals surface area (Å²) in [5.74, 6) is 1.77. The second-order valence-electron chi connectivity index (χ2n) is 9.73. The van der Waals surface area contributed by atoms with Crippen molar-refractivity contribution in [2.45, 2.75) is 73.1 Å². The minimum atomic E-state index is -0.640. The highest BCUT2D eigenvalue weighted by molar-refractivity contribution is 5.89. The van der Waals surface area contributed by atoms with Crippen molar-refractivity contribution in [3.63, 3.8) is 0 Å². The number of carbonyl (C=O) groups is 2. The van der Waals surface area contributed by atoms with Crippen molar-refractivity contribution in [1.82, 2.24) is 10.0 Å². The van der Waals surface area contributed by atoms with E-state index >= 15 is 0 Å². The van der Waals surface area contributed by atoms with Crippen LogP contribution in [-0.4, -0.2) is 33.7 Å². The Bertz CT molecular complexity index is 1030.